The summed E-state index contributed by atoms with van der Waals surface area (Å²) in [6, 6.07) is -0.0270. The number of likely N-dealkylation sites (tertiary alicyclic amines) is 1. The zero-order valence-electron chi connectivity index (χ0n) is 13.0. The van der Waals surface area contributed by atoms with E-state index in [9.17, 15) is 9.59 Å². The normalized spacial score (nSPS) is 22.5. The van der Waals surface area contributed by atoms with E-state index in [4.69, 9.17) is 0 Å². The Labute approximate surface area is 124 Å². The van der Waals surface area contributed by atoms with Crippen LogP contribution in [0.25, 0.3) is 0 Å². The molecule has 114 valence electrons. The molecule has 1 atom stereocenters. The van der Waals surface area contributed by atoms with Crippen LogP contribution in [0.1, 0.15) is 50.5 Å². The molecule has 1 aliphatic carbocycles. The number of hydrogen-bond acceptors (Lipinski definition) is 4. The lowest BCUT2D eigenvalue weighted by Gasteiger charge is -2.15. The molecule has 0 aromatic carbocycles. The van der Waals surface area contributed by atoms with Gasteiger partial charge in [0.05, 0.1) is 23.5 Å². The number of anilines is 1. The van der Waals surface area contributed by atoms with Gasteiger partial charge in [-0.3, -0.25) is 19.2 Å². The Balaban J connectivity index is 1.81. The summed E-state index contributed by atoms with van der Waals surface area (Å²) in [5.74, 6) is -0.134. The van der Waals surface area contributed by atoms with E-state index in [1.807, 2.05) is 18.5 Å². The minimum Gasteiger partial charge on any atom is -0.370 e. The highest BCUT2D eigenvalue weighted by atomic mass is 16.2. The average molecular weight is 290 g/mol. The number of imide groups is 1. The molecule has 1 aromatic rings. The number of rotatable bonds is 4. The Hall–Kier alpha value is -1.85. The molecule has 6 nitrogen and oxygen atoms in total. The highest BCUT2D eigenvalue weighted by Crippen LogP contribution is 2.33. The quantitative estimate of drug-likeness (QED) is 0.858. The van der Waals surface area contributed by atoms with E-state index >= 15 is 0 Å². The fourth-order valence-electron chi connectivity index (χ4n) is 3.03. The van der Waals surface area contributed by atoms with E-state index in [0.29, 0.717) is 0 Å². The van der Waals surface area contributed by atoms with Crippen LogP contribution in [0.5, 0.6) is 0 Å². The van der Waals surface area contributed by atoms with Gasteiger partial charge >= 0.3 is 0 Å². The Morgan fingerprint density at radius 3 is 2.43 bits per heavy atom. The highest BCUT2D eigenvalue weighted by Gasteiger charge is 2.46. The molecule has 2 aliphatic rings. The molecule has 2 heterocycles. The second kappa shape index (κ2) is 4.86. The highest BCUT2D eigenvalue weighted by molar-refractivity contribution is 6.07. The van der Waals surface area contributed by atoms with E-state index in [1.54, 1.807) is 0 Å². The lowest BCUT2D eigenvalue weighted by molar-refractivity contribution is -0.139. The van der Waals surface area contributed by atoms with Gasteiger partial charge in [0.2, 0.25) is 5.91 Å². The third kappa shape index (κ3) is 2.32. The molecule has 2 amide bonds. The van der Waals surface area contributed by atoms with Crippen molar-refractivity contribution in [3.8, 4) is 0 Å². The largest absolute Gasteiger partial charge is 0.370 e. The number of aromatic nitrogens is 2. The first-order valence-corrected chi connectivity index (χ1v) is 7.58. The second-order valence-electron chi connectivity index (χ2n) is 6.32. The van der Waals surface area contributed by atoms with Crippen LogP contribution in [0.15, 0.2) is 0 Å². The van der Waals surface area contributed by atoms with Crippen LogP contribution in [0.3, 0.4) is 0 Å². The maximum absolute atomic E-state index is 12.4. The third-order valence-corrected chi connectivity index (χ3v) is 4.23. The van der Waals surface area contributed by atoms with Crippen molar-refractivity contribution in [1.82, 2.24) is 14.7 Å². The Morgan fingerprint density at radius 2 is 1.90 bits per heavy atom. The van der Waals surface area contributed by atoms with Crippen LogP contribution >= 0.6 is 0 Å². The van der Waals surface area contributed by atoms with Crippen LogP contribution in [0.4, 0.5) is 5.69 Å². The van der Waals surface area contributed by atoms with E-state index in [1.165, 1.54) is 4.90 Å². The van der Waals surface area contributed by atoms with E-state index < -0.39 is 6.04 Å². The first-order valence-electron chi connectivity index (χ1n) is 7.58. The molecule has 2 fully saturated rings. The minimum atomic E-state index is -0.444. The van der Waals surface area contributed by atoms with Gasteiger partial charge in [0.15, 0.2) is 0 Å². The van der Waals surface area contributed by atoms with Crippen LogP contribution in [-0.2, 0) is 9.59 Å². The standard InChI is InChI=1S/C15H22N4O2/c1-8(2)19-10(4)14(9(3)17-19)16-12-7-13(20)18(15(12)21)11-5-6-11/h8,11-12,16H,5-7H2,1-4H3. The number of nitrogens with one attached hydrogen (secondary N) is 1. The molecule has 1 saturated carbocycles. The molecule has 0 spiro atoms. The average Bonchev–Trinajstić information content (AvgIpc) is 3.14. The molecule has 6 heteroatoms. The number of aryl methyl sites for hydroxylation is 1. The molecule has 1 aromatic heterocycles. The summed E-state index contributed by atoms with van der Waals surface area (Å²) >= 11 is 0. The predicted molar refractivity (Wildman–Crippen MR) is 79.0 cm³/mol. The van der Waals surface area contributed by atoms with Gasteiger partial charge < -0.3 is 5.32 Å². The SMILES string of the molecule is Cc1nn(C(C)C)c(C)c1NC1CC(=O)N(C2CC2)C1=O. The Kier molecular flexibility index (Phi) is 3.26. The van der Waals surface area contributed by atoms with E-state index in [0.717, 1.165) is 29.9 Å². The molecule has 0 radical (unpaired) electrons. The van der Waals surface area contributed by atoms with Gasteiger partial charge in [-0.05, 0) is 40.5 Å². The zero-order chi connectivity index (χ0) is 15.3. The van der Waals surface area contributed by atoms with E-state index in [2.05, 4.69) is 24.3 Å². The van der Waals surface area contributed by atoms with Crippen LogP contribution < -0.4 is 5.32 Å². The van der Waals surface area contributed by atoms with Crippen molar-refractivity contribution >= 4 is 17.5 Å². The number of carbonyl (C=O) groups is 2. The van der Waals surface area contributed by atoms with Crippen molar-refractivity contribution in [3.63, 3.8) is 0 Å². The summed E-state index contributed by atoms with van der Waals surface area (Å²) in [5, 5.41) is 7.76. The van der Waals surface area contributed by atoms with Crippen molar-refractivity contribution in [3.05, 3.63) is 11.4 Å². The first kappa shape index (κ1) is 14.1. The fourth-order valence-corrected chi connectivity index (χ4v) is 3.03. The zero-order valence-corrected chi connectivity index (χ0v) is 13.0. The van der Waals surface area contributed by atoms with Gasteiger partial charge in [-0.15, -0.1) is 0 Å². The monoisotopic (exact) mass is 290 g/mol. The Morgan fingerprint density at radius 1 is 1.24 bits per heavy atom. The second-order valence-corrected chi connectivity index (χ2v) is 6.32. The molecule has 3 rings (SSSR count). The molecular weight excluding hydrogens is 268 g/mol. The van der Waals surface area contributed by atoms with Crippen molar-refractivity contribution in [2.24, 2.45) is 0 Å². The van der Waals surface area contributed by atoms with Crippen LogP contribution in [-0.4, -0.2) is 38.6 Å². The summed E-state index contributed by atoms with van der Waals surface area (Å²) in [7, 11) is 0. The molecule has 1 unspecified atom stereocenters. The molecule has 1 N–H and O–H groups in total. The topological polar surface area (TPSA) is 67.2 Å². The van der Waals surface area contributed by atoms with Gasteiger partial charge in [0.1, 0.15) is 6.04 Å². The van der Waals surface area contributed by atoms with E-state index in [-0.39, 0.29) is 30.3 Å². The molecule has 1 aliphatic heterocycles. The summed E-state index contributed by atoms with van der Waals surface area (Å²) in [4.78, 5) is 25.8. The van der Waals surface area contributed by atoms with Crippen molar-refractivity contribution in [1.29, 1.82) is 0 Å². The van der Waals surface area contributed by atoms with Crippen molar-refractivity contribution in [2.45, 2.75) is 65.1 Å². The molecule has 0 bridgehead atoms. The number of carbonyl (C=O) groups excluding carboxylic acids is 2. The summed E-state index contributed by atoms with van der Waals surface area (Å²) in [6.45, 7) is 8.06. The lowest BCUT2D eigenvalue weighted by atomic mass is 10.2. The number of amides is 2. The van der Waals surface area contributed by atoms with Crippen LogP contribution in [0, 0.1) is 13.8 Å². The molecule has 21 heavy (non-hydrogen) atoms. The predicted octanol–water partition coefficient (Wildman–Crippen LogP) is 1.78. The smallest absolute Gasteiger partial charge is 0.252 e. The van der Waals surface area contributed by atoms with Crippen molar-refractivity contribution < 1.29 is 9.59 Å². The van der Waals surface area contributed by atoms with Crippen molar-refractivity contribution in [2.75, 3.05) is 5.32 Å². The summed E-state index contributed by atoms with van der Waals surface area (Å²) in [5.41, 5.74) is 2.76. The maximum Gasteiger partial charge on any atom is 0.252 e. The third-order valence-electron chi connectivity index (χ3n) is 4.23. The van der Waals surface area contributed by atoms with Gasteiger partial charge in [0.25, 0.3) is 5.91 Å². The number of hydrogen-bond donors (Lipinski definition) is 1. The first-order chi connectivity index (χ1) is 9.90. The molecule has 1 saturated heterocycles. The van der Waals surface area contributed by atoms with Crippen LogP contribution in [0.2, 0.25) is 0 Å². The van der Waals surface area contributed by atoms with Gasteiger partial charge in [-0.2, -0.15) is 5.10 Å². The van der Waals surface area contributed by atoms with Gasteiger partial charge in [-0.1, -0.05) is 0 Å². The maximum atomic E-state index is 12.4. The minimum absolute atomic E-state index is 0.0495. The Bertz CT molecular complexity index is 601. The molecular formula is C15H22N4O2. The lowest BCUT2D eigenvalue weighted by Crippen LogP contribution is -2.36. The van der Waals surface area contributed by atoms with Gasteiger partial charge in [0, 0.05) is 12.1 Å². The number of nitrogens with zero attached hydrogens (tertiary/aromatic N) is 3. The summed E-state index contributed by atoms with van der Waals surface area (Å²) < 4.78 is 1.94. The summed E-state index contributed by atoms with van der Waals surface area (Å²) in [6.07, 6.45) is 2.15. The fraction of sp³-hybridized carbons (Fsp3) is 0.667. The van der Waals surface area contributed by atoms with Gasteiger partial charge in [-0.25, -0.2) is 0 Å².